The van der Waals surface area contributed by atoms with Crippen LogP contribution >= 0.6 is 11.6 Å². The van der Waals surface area contributed by atoms with Crippen LogP contribution in [0.1, 0.15) is 48.4 Å². The van der Waals surface area contributed by atoms with Gasteiger partial charge in [-0.2, -0.15) is 0 Å². The first-order valence-corrected chi connectivity index (χ1v) is 19.4. The Morgan fingerprint density at radius 1 is 0.927 bits per heavy atom. The molecule has 0 radical (unpaired) electrons. The monoisotopic (exact) mass is 759 g/mol. The van der Waals surface area contributed by atoms with Gasteiger partial charge in [0.1, 0.15) is 5.54 Å². The lowest BCUT2D eigenvalue weighted by molar-refractivity contribution is -0.139. The average molecular weight is 760 g/mol. The van der Waals surface area contributed by atoms with Gasteiger partial charge in [-0.1, -0.05) is 85.3 Å². The van der Waals surface area contributed by atoms with Crippen LogP contribution in [0, 0.1) is 5.92 Å². The molecule has 0 unspecified atom stereocenters. The molecule has 0 aliphatic carbocycles. The average Bonchev–Trinajstić information content (AvgIpc) is 3.60. The number of halogens is 1. The number of rotatable bonds is 9. The second-order valence-corrected chi connectivity index (χ2v) is 15.6. The zero-order chi connectivity index (χ0) is 38.3. The third kappa shape index (κ3) is 6.50. The van der Waals surface area contributed by atoms with E-state index in [9.17, 15) is 24.6 Å². The number of carbonyl (C=O) groups excluding carboxylic acids is 3. The van der Waals surface area contributed by atoms with Crippen molar-refractivity contribution < 1.29 is 24.6 Å². The number of anilines is 3. The second kappa shape index (κ2) is 14.9. The number of aliphatic hydroxyl groups is 2. The molecule has 3 N–H and O–H groups in total. The maximum absolute atomic E-state index is 14.4. The molecule has 4 aliphatic rings. The second-order valence-electron chi connectivity index (χ2n) is 15.2. The van der Waals surface area contributed by atoms with E-state index in [1.807, 2.05) is 71.6 Å². The maximum Gasteiger partial charge on any atom is 0.264 e. The minimum atomic E-state index is -1.93. The predicted octanol–water partition coefficient (Wildman–Crippen LogP) is 5.54. The van der Waals surface area contributed by atoms with Crippen molar-refractivity contribution in [1.29, 1.82) is 0 Å². The number of hydrogen-bond donors (Lipinski definition) is 3. The Labute approximate surface area is 326 Å². The van der Waals surface area contributed by atoms with E-state index < -0.39 is 23.0 Å². The van der Waals surface area contributed by atoms with Gasteiger partial charge in [0.05, 0.1) is 31.5 Å². The number of benzene rings is 4. The molecule has 3 atom stereocenters. The topological polar surface area (TPSA) is 117 Å². The van der Waals surface area contributed by atoms with Crippen molar-refractivity contribution in [1.82, 2.24) is 10.2 Å². The van der Waals surface area contributed by atoms with E-state index in [0.717, 1.165) is 41.2 Å². The van der Waals surface area contributed by atoms with E-state index in [1.54, 1.807) is 47.1 Å². The standard InChI is InChI=1S/C44H46ClN5O5/c1-30(9-7-16-40(52)47-27-33-12-6-5-11-32(33)24-37(47)28-51)44(55)38-25-34(45)17-18-39(38)48(42(44)54)26-31-10-8-15-36(23-31)49-29-50(35-13-3-2-4-14-35)43(41(49)53)19-21-46-22-20-43/h2-15,17-18,23,25,30,37,46,51,55H,16,19-22,24,26-29H2,1H3/b9-7+/t30-,37-,44+/m0/s1. The minimum absolute atomic E-state index is 0.0565. The highest BCUT2D eigenvalue weighted by Crippen LogP contribution is 2.47. The maximum atomic E-state index is 14.4. The van der Waals surface area contributed by atoms with E-state index in [-0.39, 0.29) is 37.4 Å². The fraction of sp³-hybridized carbons (Fsp3) is 0.341. The number of piperidine rings is 1. The molecule has 4 aromatic carbocycles. The predicted molar refractivity (Wildman–Crippen MR) is 214 cm³/mol. The number of fused-ring (bicyclic) bond motifs is 2. The summed E-state index contributed by atoms with van der Waals surface area (Å²) in [5, 5.41) is 26.2. The molecule has 0 saturated carbocycles. The zero-order valence-corrected chi connectivity index (χ0v) is 31.7. The number of aliphatic hydroxyl groups excluding tert-OH is 1. The molecule has 11 heteroatoms. The minimum Gasteiger partial charge on any atom is -0.394 e. The van der Waals surface area contributed by atoms with Crippen LogP contribution in [0.15, 0.2) is 109 Å². The lowest BCUT2D eigenvalue weighted by Crippen LogP contribution is -2.55. The van der Waals surface area contributed by atoms with Gasteiger partial charge in [-0.3, -0.25) is 19.3 Å². The van der Waals surface area contributed by atoms with Gasteiger partial charge in [-0.25, -0.2) is 0 Å². The molecule has 8 rings (SSSR count). The van der Waals surface area contributed by atoms with E-state index in [0.29, 0.717) is 48.7 Å². The highest BCUT2D eigenvalue weighted by molar-refractivity contribution is 6.31. The van der Waals surface area contributed by atoms with E-state index in [4.69, 9.17) is 11.6 Å². The first kappa shape index (κ1) is 36.9. The van der Waals surface area contributed by atoms with Crippen molar-refractivity contribution in [3.05, 3.63) is 136 Å². The van der Waals surface area contributed by atoms with E-state index >= 15 is 0 Å². The highest BCUT2D eigenvalue weighted by atomic mass is 35.5. The van der Waals surface area contributed by atoms with Gasteiger partial charge in [0, 0.05) is 40.8 Å². The van der Waals surface area contributed by atoms with Crippen LogP contribution < -0.4 is 20.0 Å². The Kier molecular flexibility index (Phi) is 10.0. The summed E-state index contributed by atoms with van der Waals surface area (Å²) in [6, 6.07) is 30.5. The Bertz CT molecular complexity index is 2140. The first-order chi connectivity index (χ1) is 26.6. The largest absolute Gasteiger partial charge is 0.394 e. The summed E-state index contributed by atoms with van der Waals surface area (Å²) in [5.74, 6) is -1.27. The summed E-state index contributed by atoms with van der Waals surface area (Å²) in [5.41, 5.74) is 3.14. The fourth-order valence-electron chi connectivity index (χ4n) is 8.92. The van der Waals surface area contributed by atoms with Crippen LogP contribution in [-0.4, -0.2) is 70.8 Å². The van der Waals surface area contributed by atoms with Crippen molar-refractivity contribution in [2.24, 2.45) is 5.92 Å². The number of nitrogens with zero attached hydrogens (tertiary/aromatic N) is 4. The van der Waals surface area contributed by atoms with Gasteiger partial charge in [0.2, 0.25) is 5.91 Å². The SMILES string of the molecule is C[C@@H](/C=C/CC(=O)N1Cc2ccccc2C[C@H]1CO)[C@]1(O)C(=O)N(Cc2cccc(N3CN(c4ccccc4)C4(CCNCC4)C3=O)c2)c2ccc(Cl)cc21. The van der Waals surface area contributed by atoms with Crippen LogP contribution in [0.25, 0.3) is 0 Å². The summed E-state index contributed by atoms with van der Waals surface area (Å²) in [6.07, 6.45) is 5.46. The molecule has 4 aliphatic heterocycles. The molecule has 2 fully saturated rings. The Hall–Kier alpha value is -5.00. The Balaban J connectivity index is 1.01. The molecule has 284 valence electrons. The third-order valence-corrected chi connectivity index (χ3v) is 12.2. The fourth-order valence-corrected chi connectivity index (χ4v) is 9.09. The van der Waals surface area contributed by atoms with Crippen LogP contribution in [0.4, 0.5) is 17.1 Å². The van der Waals surface area contributed by atoms with Crippen molar-refractivity contribution in [2.45, 2.75) is 62.9 Å². The van der Waals surface area contributed by atoms with Gasteiger partial charge in [-0.05, 0) is 91.5 Å². The number of hydrogen-bond acceptors (Lipinski definition) is 7. The van der Waals surface area contributed by atoms with Gasteiger partial charge >= 0.3 is 0 Å². The smallest absolute Gasteiger partial charge is 0.264 e. The lowest BCUT2D eigenvalue weighted by Gasteiger charge is -2.39. The highest BCUT2D eigenvalue weighted by Gasteiger charge is 2.54. The molecular formula is C44H46ClN5O5. The number of para-hydroxylation sites is 1. The molecule has 55 heavy (non-hydrogen) atoms. The summed E-state index contributed by atoms with van der Waals surface area (Å²) in [4.78, 5) is 49.5. The summed E-state index contributed by atoms with van der Waals surface area (Å²) < 4.78 is 0. The Morgan fingerprint density at radius 2 is 1.65 bits per heavy atom. The van der Waals surface area contributed by atoms with Crippen LogP contribution in [0.5, 0.6) is 0 Å². The van der Waals surface area contributed by atoms with Crippen molar-refractivity contribution in [3.63, 3.8) is 0 Å². The quantitative estimate of drug-likeness (QED) is 0.192. The molecule has 10 nitrogen and oxygen atoms in total. The summed E-state index contributed by atoms with van der Waals surface area (Å²) >= 11 is 6.46. The molecule has 1 spiro atoms. The van der Waals surface area contributed by atoms with E-state index in [2.05, 4.69) is 22.3 Å². The molecule has 3 amide bonds. The summed E-state index contributed by atoms with van der Waals surface area (Å²) in [7, 11) is 0. The lowest BCUT2D eigenvalue weighted by atomic mass is 9.83. The molecule has 4 heterocycles. The first-order valence-electron chi connectivity index (χ1n) is 19.1. The zero-order valence-electron chi connectivity index (χ0n) is 30.9. The van der Waals surface area contributed by atoms with Crippen molar-refractivity contribution in [2.75, 3.05) is 41.1 Å². The normalized spacial score (nSPS) is 22.4. The molecule has 4 aromatic rings. The molecule has 0 bridgehead atoms. The van der Waals surface area contributed by atoms with Crippen molar-refractivity contribution in [3.8, 4) is 0 Å². The number of amides is 3. The molecule has 2 saturated heterocycles. The molecular weight excluding hydrogens is 714 g/mol. The van der Waals surface area contributed by atoms with Crippen LogP contribution in [-0.2, 0) is 39.5 Å². The molecule has 0 aromatic heterocycles. The number of nitrogens with one attached hydrogen (secondary N) is 1. The van der Waals surface area contributed by atoms with Gasteiger partial charge < -0.3 is 30.2 Å². The van der Waals surface area contributed by atoms with Gasteiger partial charge in [-0.15, -0.1) is 0 Å². The van der Waals surface area contributed by atoms with Crippen molar-refractivity contribution >= 4 is 46.4 Å². The van der Waals surface area contributed by atoms with E-state index in [1.165, 1.54) is 0 Å². The Morgan fingerprint density at radius 3 is 2.42 bits per heavy atom. The number of carbonyl (C=O) groups is 3. The van der Waals surface area contributed by atoms with Crippen LogP contribution in [0.3, 0.4) is 0 Å². The van der Waals surface area contributed by atoms with Crippen LogP contribution in [0.2, 0.25) is 5.02 Å². The summed E-state index contributed by atoms with van der Waals surface area (Å²) in [6.45, 7) is 4.13. The van der Waals surface area contributed by atoms with Gasteiger partial charge in [0.25, 0.3) is 11.8 Å². The third-order valence-electron chi connectivity index (χ3n) is 12.0. The van der Waals surface area contributed by atoms with Gasteiger partial charge in [0.15, 0.2) is 5.60 Å².